The third kappa shape index (κ3) is 3.67. The van der Waals surface area contributed by atoms with Crippen LogP contribution in [0.4, 0.5) is 16.6 Å². The average molecular weight is 346 g/mol. The number of rotatable bonds is 6. The fraction of sp³-hybridized carbons (Fsp3) is 0.647. The SMILES string of the molecule is CN(C)c1nccc(NCCCN2C(=O)NC3(CCCCC3)C2=O)n1. The predicted molar refractivity (Wildman–Crippen MR) is 95.5 cm³/mol. The van der Waals surface area contributed by atoms with E-state index in [-0.39, 0.29) is 11.9 Å². The summed E-state index contributed by atoms with van der Waals surface area (Å²) in [6, 6.07) is 1.56. The van der Waals surface area contributed by atoms with Gasteiger partial charge in [0.1, 0.15) is 11.4 Å². The molecule has 136 valence electrons. The van der Waals surface area contributed by atoms with Gasteiger partial charge in [0.25, 0.3) is 5.91 Å². The first kappa shape index (κ1) is 17.4. The average Bonchev–Trinajstić information content (AvgIpc) is 2.83. The van der Waals surface area contributed by atoms with Gasteiger partial charge < -0.3 is 15.5 Å². The van der Waals surface area contributed by atoms with Crippen LogP contribution in [0.5, 0.6) is 0 Å². The molecule has 2 aliphatic rings. The van der Waals surface area contributed by atoms with Crippen LogP contribution in [0, 0.1) is 0 Å². The maximum Gasteiger partial charge on any atom is 0.325 e. The molecule has 1 aromatic rings. The highest BCUT2D eigenvalue weighted by molar-refractivity contribution is 6.07. The van der Waals surface area contributed by atoms with Crippen molar-refractivity contribution in [3.05, 3.63) is 12.3 Å². The number of hydrogen-bond acceptors (Lipinski definition) is 6. The Bertz CT molecular complexity index is 642. The van der Waals surface area contributed by atoms with Gasteiger partial charge in [-0.2, -0.15) is 4.98 Å². The number of hydrogen-bond donors (Lipinski definition) is 2. The van der Waals surface area contributed by atoms with Crippen molar-refractivity contribution in [2.24, 2.45) is 0 Å². The Morgan fingerprint density at radius 2 is 2.04 bits per heavy atom. The van der Waals surface area contributed by atoms with Crippen molar-refractivity contribution in [3.63, 3.8) is 0 Å². The van der Waals surface area contributed by atoms with Gasteiger partial charge in [0.2, 0.25) is 5.95 Å². The molecule has 1 aliphatic heterocycles. The van der Waals surface area contributed by atoms with E-state index in [1.54, 1.807) is 12.3 Å². The first-order chi connectivity index (χ1) is 12.0. The summed E-state index contributed by atoms with van der Waals surface area (Å²) in [6.45, 7) is 1.05. The molecular formula is C17H26N6O2. The van der Waals surface area contributed by atoms with Crippen LogP contribution in [-0.2, 0) is 4.79 Å². The van der Waals surface area contributed by atoms with Crippen LogP contribution >= 0.6 is 0 Å². The van der Waals surface area contributed by atoms with E-state index < -0.39 is 5.54 Å². The summed E-state index contributed by atoms with van der Waals surface area (Å²) in [5.41, 5.74) is -0.629. The second-order valence-corrected chi connectivity index (χ2v) is 6.95. The van der Waals surface area contributed by atoms with Gasteiger partial charge in [0, 0.05) is 33.4 Å². The highest BCUT2D eigenvalue weighted by atomic mass is 16.2. The summed E-state index contributed by atoms with van der Waals surface area (Å²) in [6.07, 6.45) is 7.06. The summed E-state index contributed by atoms with van der Waals surface area (Å²) in [5, 5.41) is 6.16. The molecule has 1 saturated heterocycles. The molecular weight excluding hydrogens is 320 g/mol. The largest absolute Gasteiger partial charge is 0.370 e. The Morgan fingerprint density at radius 1 is 1.28 bits per heavy atom. The lowest BCUT2D eigenvalue weighted by atomic mass is 9.82. The summed E-state index contributed by atoms with van der Waals surface area (Å²) in [7, 11) is 3.77. The molecule has 8 nitrogen and oxygen atoms in total. The minimum Gasteiger partial charge on any atom is -0.370 e. The molecule has 8 heteroatoms. The van der Waals surface area contributed by atoms with E-state index in [0.29, 0.717) is 25.5 Å². The normalized spacial score (nSPS) is 19.2. The molecule has 0 radical (unpaired) electrons. The molecule has 0 unspecified atom stereocenters. The van der Waals surface area contributed by atoms with Crippen LogP contribution in [0.1, 0.15) is 38.5 Å². The van der Waals surface area contributed by atoms with E-state index in [1.165, 1.54) is 4.90 Å². The molecule has 25 heavy (non-hydrogen) atoms. The third-order valence-corrected chi connectivity index (χ3v) is 4.86. The first-order valence-corrected chi connectivity index (χ1v) is 8.90. The van der Waals surface area contributed by atoms with Crippen LogP contribution in [0.15, 0.2) is 12.3 Å². The molecule has 2 fully saturated rings. The number of nitrogens with one attached hydrogen (secondary N) is 2. The van der Waals surface area contributed by atoms with Crippen LogP contribution in [-0.4, -0.2) is 59.5 Å². The highest BCUT2D eigenvalue weighted by Crippen LogP contribution is 2.33. The standard InChI is InChI=1S/C17H26N6O2/c1-22(2)15-19-11-7-13(20-15)18-10-6-12-23-14(24)17(21-16(23)25)8-4-3-5-9-17/h7,11H,3-6,8-10,12H2,1-2H3,(H,21,25)(H,18,19,20). The fourth-order valence-corrected chi connectivity index (χ4v) is 3.49. The number of carbonyl (C=O) groups excluding carboxylic acids is 2. The number of urea groups is 1. The molecule has 1 aromatic heterocycles. The summed E-state index contributed by atoms with van der Waals surface area (Å²) >= 11 is 0. The Labute approximate surface area is 148 Å². The second kappa shape index (κ2) is 7.25. The Balaban J connectivity index is 1.50. The summed E-state index contributed by atoms with van der Waals surface area (Å²) < 4.78 is 0. The van der Waals surface area contributed by atoms with E-state index in [0.717, 1.165) is 37.9 Å². The number of carbonyl (C=O) groups is 2. The number of amides is 3. The van der Waals surface area contributed by atoms with E-state index in [1.807, 2.05) is 19.0 Å². The highest BCUT2D eigenvalue weighted by Gasteiger charge is 2.50. The van der Waals surface area contributed by atoms with E-state index in [9.17, 15) is 9.59 Å². The topological polar surface area (TPSA) is 90.5 Å². The van der Waals surface area contributed by atoms with Crippen molar-refractivity contribution in [1.82, 2.24) is 20.2 Å². The summed E-state index contributed by atoms with van der Waals surface area (Å²) in [4.78, 5) is 36.6. The van der Waals surface area contributed by atoms with Gasteiger partial charge in [-0.3, -0.25) is 9.69 Å². The zero-order chi connectivity index (χ0) is 17.9. The zero-order valence-electron chi connectivity index (χ0n) is 14.9. The Kier molecular flexibility index (Phi) is 5.06. The molecule has 3 amide bonds. The van der Waals surface area contributed by atoms with Crippen molar-refractivity contribution in [3.8, 4) is 0 Å². The van der Waals surface area contributed by atoms with Gasteiger partial charge in [-0.05, 0) is 25.3 Å². The van der Waals surface area contributed by atoms with Crippen molar-refractivity contribution in [2.75, 3.05) is 37.4 Å². The molecule has 2 N–H and O–H groups in total. The minimum atomic E-state index is -0.629. The van der Waals surface area contributed by atoms with E-state index >= 15 is 0 Å². The molecule has 0 aromatic carbocycles. The predicted octanol–water partition coefficient (Wildman–Crippen LogP) is 1.60. The number of anilines is 2. The number of imide groups is 1. The second-order valence-electron chi connectivity index (χ2n) is 6.95. The van der Waals surface area contributed by atoms with Crippen molar-refractivity contribution in [2.45, 2.75) is 44.1 Å². The quantitative estimate of drug-likeness (QED) is 0.601. The van der Waals surface area contributed by atoms with Gasteiger partial charge in [-0.1, -0.05) is 19.3 Å². The van der Waals surface area contributed by atoms with Crippen LogP contribution in [0.3, 0.4) is 0 Å². The monoisotopic (exact) mass is 346 g/mol. The lowest BCUT2D eigenvalue weighted by molar-refractivity contribution is -0.132. The molecule has 3 rings (SSSR count). The molecule has 0 bridgehead atoms. The van der Waals surface area contributed by atoms with Crippen LogP contribution < -0.4 is 15.5 Å². The van der Waals surface area contributed by atoms with Gasteiger partial charge in [0.05, 0.1) is 0 Å². The lowest BCUT2D eigenvalue weighted by Gasteiger charge is -2.30. The van der Waals surface area contributed by atoms with Crippen molar-refractivity contribution < 1.29 is 9.59 Å². The minimum absolute atomic E-state index is 0.0471. The fourth-order valence-electron chi connectivity index (χ4n) is 3.49. The Hall–Kier alpha value is -2.38. The maximum atomic E-state index is 12.7. The lowest BCUT2D eigenvalue weighted by Crippen LogP contribution is -2.48. The molecule has 0 atom stereocenters. The Morgan fingerprint density at radius 3 is 2.76 bits per heavy atom. The van der Waals surface area contributed by atoms with Gasteiger partial charge in [-0.15, -0.1) is 0 Å². The maximum absolute atomic E-state index is 12.7. The zero-order valence-corrected chi connectivity index (χ0v) is 14.9. The van der Waals surface area contributed by atoms with Crippen LogP contribution in [0.25, 0.3) is 0 Å². The van der Waals surface area contributed by atoms with Gasteiger partial charge in [-0.25, -0.2) is 9.78 Å². The molecule has 1 saturated carbocycles. The van der Waals surface area contributed by atoms with Gasteiger partial charge in [0.15, 0.2) is 0 Å². The van der Waals surface area contributed by atoms with Crippen molar-refractivity contribution in [1.29, 1.82) is 0 Å². The molecule has 1 spiro atoms. The smallest absolute Gasteiger partial charge is 0.325 e. The van der Waals surface area contributed by atoms with Crippen molar-refractivity contribution >= 4 is 23.7 Å². The third-order valence-electron chi connectivity index (χ3n) is 4.86. The van der Waals surface area contributed by atoms with E-state index in [4.69, 9.17) is 0 Å². The van der Waals surface area contributed by atoms with E-state index in [2.05, 4.69) is 20.6 Å². The van der Waals surface area contributed by atoms with Gasteiger partial charge >= 0.3 is 6.03 Å². The number of aromatic nitrogens is 2. The first-order valence-electron chi connectivity index (χ1n) is 8.90. The summed E-state index contributed by atoms with van der Waals surface area (Å²) in [5.74, 6) is 1.33. The van der Waals surface area contributed by atoms with Crippen LogP contribution in [0.2, 0.25) is 0 Å². The number of nitrogens with zero attached hydrogens (tertiary/aromatic N) is 4. The molecule has 2 heterocycles. The molecule has 1 aliphatic carbocycles.